The molecule has 0 aliphatic carbocycles. The van der Waals surface area contributed by atoms with Gasteiger partial charge >= 0.3 is 0 Å². The number of halogens is 1. The highest BCUT2D eigenvalue weighted by Crippen LogP contribution is 2.25. The maximum atomic E-state index is 10.1. The first-order valence-electron chi connectivity index (χ1n) is 6.21. The third-order valence-electron chi connectivity index (χ3n) is 2.93. The second kappa shape index (κ2) is 5.69. The molecule has 0 spiro atoms. The molecule has 4 nitrogen and oxygen atoms in total. The van der Waals surface area contributed by atoms with Crippen molar-refractivity contribution in [3.63, 3.8) is 0 Å². The zero-order valence-electron chi connectivity index (χ0n) is 10.4. The fourth-order valence-corrected chi connectivity index (χ4v) is 2.28. The van der Waals surface area contributed by atoms with Crippen LogP contribution in [0, 0.1) is 0 Å². The molecule has 3 N–H and O–H groups in total. The summed E-state index contributed by atoms with van der Waals surface area (Å²) in [5, 5.41) is 10.8. The van der Waals surface area contributed by atoms with Crippen molar-refractivity contribution in [2.45, 2.75) is 32.4 Å². The Balaban J connectivity index is 2.54. The smallest absolute Gasteiger partial charge is 0.138 e. The summed E-state index contributed by atoms with van der Waals surface area (Å²) in [7, 11) is 0. The minimum Gasteiger partial charge on any atom is -0.385 e. The van der Waals surface area contributed by atoms with Gasteiger partial charge in [-0.2, -0.15) is 0 Å². The van der Waals surface area contributed by atoms with Crippen LogP contribution in [0.25, 0.3) is 11.0 Å². The van der Waals surface area contributed by atoms with Crippen LogP contribution in [0.1, 0.15) is 31.7 Å². The number of aliphatic hydroxyl groups is 1. The highest BCUT2D eigenvalue weighted by molar-refractivity contribution is 6.31. The third kappa shape index (κ3) is 2.51. The lowest BCUT2D eigenvalue weighted by atomic mass is 10.2. The SMILES string of the molecule is CCCn1c(C(O)CCN)nc2ccc(Cl)cc21. The Kier molecular flexibility index (Phi) is 4.22. The lowest BCUT2D eigenvalue weighted by molar-refractivity contribution is 0.156. The minimum absolute atomic E-state index is 0.442. The fourth-order valence-electron chi connectivity index (χ4n) is 2.11. The number of fused-ring (bicyclic) bond motifs is 1. The Morgan fingerprint density at radius 2 is 2.28 bits per heavy atom. The van der Waals surface area contributed by atoms with Crippen LogP contribution in [-0.4, -0.2) is 21.2 Å². The summed E-state index contributed by atoms with van der Waals surface area (Å²) in [4.78, 5) is 4.49. The number of nitrogens with two attached hydrogens (primary N) is 1. The van der Waals surface area contributed by atoms with Gasteiger partial charge in [-0.25, -0.2) is 4.98 Å². The maximum Gasteiger partial charge on any atom is 0.138 e. The summed E-state index contributed by atoms with van der Waals surface area (Å²) in [5.41, 5.74) is 7.32. The quantitative estimate of drug-likeness (QED) is 0.875. The highest BCUT2D eigenvalue weighted by Gasteiger charge is 2.17. The van der Waals surface area contributed by atoms with Crippen LogP contribution in [0.5, 0.6) is 0 Å². The highest BCUT2D eigenvalue weighted by atomic mass is 35.5. The molecule has 0 amide bonds. The minimum atomic E-state index is -0.618. The van der Waals surface area contributed by atoms with Gasteiger partial charge in [-0.3, -0.25) is 0 Å². The first-order chi connectivity index (χ1) is 8.67. The normalized spacial score (nSPS) is 13.1. The third-order valence-corrected chi connectivity index (χ3v) is 3.16. The van der Waals surface area contributed by atoms with E-state index >= 15 is 0 Å². The van der Waals surface area contributed by atoms with Crippen LogP contribution in [0.3, 0.4) is 0 Å². The molecular formula is C13H18ClN3O. The van der Waals surface area contributed by atoms with Crippen molar-refractivity contribution in [1.29, 1.82) is 0 Å². The van der Waals surface area contributed by atoms with Crippen LogP contribution >= 0.6 is 11.6 Å². The number of aliphatic hydroxyl groups excluding tert-OH is 1. The van der Waals surface area contributed by atoms with E-state index in [2.05, 4.69) is 11.9 Å². The molecule has 1 atom stereocenters. The predicted molar refractivity (Wildman–Crippen MR) is 73.7 cm³/mol. The van der Waals surface area contributed by atoms with E-state index in [0.717, 1.165) is 24.0 Å². The van der Waals surface area contributed by atoms with Crippen molar-refractivity contribution < 1.29 is 5.11 Å². The summed E-state index contributed by atoms with van der Waals surface area (Å²) in [6.45, 7) is 3.35. The van der Waals surface area contributed by atoms with Crippen molar-refractivity contribution in [3.8, 4) is 0 Å². The maximum absolute atomic E-state index is 10.1. The first kappa shape index (κ1) is 13.3. The molecule has 18 heavy (non-hydrogen) atoms. The second-order valence-electron chi connectivity index (χ2n) is 4.35. The Bertz CT molecular complexity index is 538. The molecule has 0 fully saturated rings. The van der Waals surface area contributed by atoms with Crippen LogP contribution < -0.4 is 5.73 Å². The largest absolute Gasteiger partial charge is 0.385 e. The number of nitrogens with zero attached hydrogens (tertiary/aromatic N) is 2. The van der Waals surface area contributed by atoms with Crippen LogP contribution in [0.2, 0.25) is 5.02 Å². The van der Waals surface area contributed by atoms with E-state index in [4.69, 9.17) is 17.3 Å². The predicted octanol–water partition coefficient (Wildman–Crippen LogP) is 2.48. The molecule has 1 heterocycles. The lowest BCUT2D eigenvalue weighted by Gasteiger charge is -2.12. The van der Waals surface area contributed by atoms with Crippen molar-refractivity contribution in [1.82, 2.24) is 9.55 Å². The van der Waals surface area contributed by atoms with Gasteiger partial charge in [-0.15, -0.1) is 0 Å². The van der Waals surface area contributed by atoms with E-state index in [1.807, 2.05) is 22.8 Å². The zero-order chi connectivity index (χ0) is 13.1. The molecule has 0 aliphatic heterocycles. The molecule has 0 saturated carbocycles. The Morgan fingerprint density at radius 1 is 1.50 bits per heavy atom. The van der Waals surface area contributed by atoms with E-state index in [0.29, 0.717) is 23.8 Å². The Morgan fingerprint density at radius 3 is 2.94 bits per heavy atom. The van der Waals surface area contributed by atoms with E-state index < -0.39 is 6.10 Å². The average Bonchev–Trinajstić information content (AvgIpc) is 2.69. The van der Waals surface area contributed by atoms with Gasteiger partial charge in [0.15, 0.2) is 0 Å². The van der Waals surface area contributed by atoms with Gasteiger partial charge in [0.25, 0.3) is 0 Å². The van der Waals surface area contributed by atoms with E-state index in [9.17, 15) is 5.11 Å². The van der Waals surface area contributed by atoms with Gasteiger partial charge in [0.05, 0.1) is 11.0 Å². The zero-order valence-corrected chi connectivity index (χ0v) is 11.2. The number of hydrogen-bond donors (Lipinski definition) is 2. The average molecular weight is 268 g/mol. The summed E-state index contributed by atoms with van der Waals surface area (Å²) >= 11 is 6.02. The number of aryl methyl sites for hydroxylation is 1. The van der Waals surface area contributed by atoms with E-state index in [1.165, 1.54) is 0 Å². The first-order valence-corrected chi connectivity index (χ1v) is 6.59. The monoisotopic (exact) mass is 267 g/mol. The second-order valence-corrected chi connectivity index (χ2v) is 4.78. The molecular weight excluding hydrogens is 250 g/mol. The van der Waals surface area contributed by atoms with Gasteiger partial charge in [0.2, 0.25) is 0 Å². The molecule has 2 aromatic rings. The molecule has 2 rings (SSSR count). The topological polar surface area (TPSA) is 64.1 Å². The van der Waals surface area contributed by atoms with Gasteiger partial charge in [0, 0.05) is 11.6 Å². The van der Waals surface area contributed by atoms with Gasteiger partial charge in [-0.1, -0.05) is 18.5 Å². The fraction of sp³-hybridized carbons (Fsp3) is 0.462. The van der Waals surface area contributed by atoms with Crippen LogP contribution in [0.4, 0.5) is 0 Å². The molecule has 0 radical (unpaired) electrons. The number of imidazole rings is 1. The van der Waals surface area contributed by atoms with Gasteiger partial charge < -0.3 is 15.4 Å². The molecule has 0 aliphatic rings. The summed E-state index contributed by atoms with van der Waals surface area (Å²) < 4.78 is 2.03. The number of benzene rings is 1. The van der Waals surface area contributed by atoms with Crippen molar-refractivity contribution >= 4 is 22.6 Å². The molecule has 0 saturated heterocycles. The van der Waals surface area contributed by atoms with Crippen molar-refractivity contribution in [3.05, 3.63) is 29.0 Å². The van der Waals surface area contributed by atoms with Crippen molar-refractivity contribution in [2.24, 2.45) is 5.73 Å². The van der Waals surface area contributed by atoms with Crippen molar-refractivity contribution in [2.75, 3.05) is 6.54 Å². The molecule has 0 bridgehead atoms. The molecule has 1 aromatic carbocycles. The number of rotatable bonds is 5. The summed E-state index contributed by atoms with van der Waals surface area (Å²) in [6, 6.07) is 5.58. The van der Waals surface area contributed by atoms with Crippen LogP contribution in [-0.2, 0) is 6.54 Å². The number of hydrogen-bond acceptors (Lipinski definition) is 3. The van der Waals surface area contributed by atoms with Gasteiger partial charge in [-0.05, 0) is 37.6 Å². The standard InChI is InChI=1S/C13H18ClN3O/c1-2-7-17-11-8-9(14)3-4-10(11)16-13(17)12(18)5-6-15/h3-4,8,12,18H,2,5-7,15H2,1H3. The molecule has 1 aromatic heterocycles. The molecule has 98 valence electrons. The lowest BCUT2D eigenvalue weighted by Crippen LogP contribution is -2.12. The Labute approximate surface area is 111 Å². The molecule has 1 unspecified atom stereocenters. The van der Waals surface area contributed by atoms with E-state index in [1.54, 1.807) is 0 Å². The summed E-state index contributed by atoms with van der Waals surface area (Å²) in [6.07, 6.45) is 0.869. The summed E-state index contributed by atoms with van der Waals surface area (Å²) in [5.74, 6) is 0.680. The number of aromatic nitrogens is 2. The van der Waals surface area contributed by atoms with E-state index in [-0.39, 0.29) is 0 Å². The van der Waals surface area contributed by atoms with Crippen LogP contribution in [0.15, 0.2) is 18.2 Å². The molecule has 5 heteroatoms. The van der Waals surface area contributed by atoms with Gasteiger partial charge in [0.1, 0.15) is 11.9 Å². The Hall–Kier alpha value is -1.10.